The van der Waals surface area contributed by atoms with E-state index in [1.165, 1.54) is 0 Å². The number of hydrogen-bond acceptors (Lipinski definition) is 0. The Bertz CT molecular complexity index is 1060. The van der Waals surface area contributed by atoms with E-state index < -0.39 is 0 Å². The predicted molar refractivity (Wildman–Crippen MR) is 105 cm³/mol. The monoisotopic (exact) mass is 325 g/mol. The Morgan fingerprint density at radius 1 is 0.500 bits per heavy atom. The Morgan fingerprint density at radius 3 is 1.19 bits per heavy atom. The summed E-state index contributed by atoms with van der Waals surface area (Å²) in [6, 6.07) is 22.8. The van der Waals surface area contributed by atoms with Gasteiger partial charge < -0.3 is 0 Å². The third kappa shape index (κ3) is 3.96. The van der Waals surface area contributed by atoms with Gasteiger partial charge in [-0.05, 0) is 0 Å². The number of hydrogen-bond donors (Lipinski definition) is 0. The normalized spacial score (nSPS) is 8.96. The summed E-state index contributed by atoms with van der Waals surface area (Å²) in [5.41, 5.74) is 4.70. The summed E-state index contributed by atoms with van der Waals surface area (Å²) in [4.78, 5) is 0. The van der Waals surface area contributed by atoms with Gasteiger partial charge in [-0.2, -0.15) is 0 Å². The van der Waals surface area contributed by atoms with Crippen LogP contribution in [-0.2, 0) is 0 Å². The van der Waals surface area contributed by atoms with Gasteiger partial charge in [0.25, 0.3) is 0 Å². The van der Waals surface area contributed by atoms with Crippen LogP contribution in [0.1, 0.15) is 33.4 Å². The molecule has 116 valence electrons. The summed E-state index contributed by atoms with van der Waals surface area (Å²) < 4.78 is 0. The first-order valence-electron chi connectivity index (χ1n) is 8.02. The van der Waals surface area contributed by atoms with E-state index in [1.807, 2.05) is 72.8 Å². The summed E-state index contributed by atoms with van der Waals surface area (Å²) in [7, 11) is 0. The van der Waals surface area contributed by atoms with E-state index in [0.717, 1.165) is 27.8 Å². The minimum Gasteiger partial charge on any atom is -0.115 e. The molecule has 0 saturated carbocycles. The molecule has 3 aromatic carbocycles. The van der Waals surface area contributed by atoms with Crippen molar-refractivity contribution in [1.29, 1.82) is 0 Å². The molecule has 0 bridgehead atoms. The first kappa shape index (κ1) is 17.0. The van der Waals surface area contributed by atoms with Gasteiger partial charge >= 0.3 is 142 Å². The van der Waals surface area contributed by atoms with Crippen molar-refractivity contribution in [3.05, 3.63) is 113 Å². The van der Waals surface area contributed by atoms with E-state index in [2.05, 4.69) is 35.5 Å². The van der Waals surface area contributed by atoms with Crippen LogP contribution in [0.25, 0.3) is 0 Å². The molecule has 0 heterocycles. The zero-order valence-electron chi connectivity index (χ0n) is 14.0. The molecule has 0 unspecified atom stereocenters. The molecule has 0 N–H and O–H groups in total. The number of terminal acetylenes is 1. The fraction of sp³-hybridized carbons (Fsp3) is 0. The van der Waals surface area contributed by atoms with Crippen LogP contribution in [0.2, 0.25) is 0 Å². The molecule has 0 nitrogen and oxygen atoms in total. The molecule has 0 atom stereocenters. The van der Waals surface area contributed by atoms with Crippen LogP contribution in [0.3, 0.4) is 0 Å². The Morgan fingerprint density at radius 2 is 0.808 bits per heavy atom. The molecule has 0 aliphatic rings. The van der Waals surface area contributed by atoms with E-state index in [1.54, 1.807) is 0 Å². The van der Waals surface area contributed by atoms with E-state index >= 15 is 0 Å². The predicted octanol–water partition coefficient (Wildman–Crippen LogP) is 4.41. The quantitative estimate of drug-likeness (QED) is 0.424. The van der Waals surface area contributed by atoms with Gasteiger partial charge in [-0.25, -0.2) is 0 Å². The van der Waals surface area contributed by atoms with Crippen LogP contribution in [0.15, 0.2) is 72.8 Å². The fourth-order valence-corrected chi connectivity index (χ4v) is 2.39. The summed E-state index contributed by atoms with van der Waals surface area (Å²) in [6.07, 6.45) is 12.9. The molecule has 0 amide bonds. The third-order valence-corrected chi connectivity index (χ3v) is 3.74. The minimum atomic E-state index is 0.673. The average molecular weight is 325 g/mol. The molecular weight excluding hydrogens is 312 g/mol. The van der Waals surface area contributed by atoms with E-state index in [9.17, 15) is 0 Å². The smallest absolute Gasteiger partial charge is 0.115 e. The van der Waals surface area contributed by atoms with Gasteiger partial charge in [-0.1, -0.05) is 6.07 Å². The molecule has 0 fully saturated rings. The molecule has 26 heavy (non-hydrogen) atoms. The minimum absolute atomic E-state index is 0.673. The zero-order chi connectivity index (χ0) is 18.2. The van der Waals surface area contributed by atoms with Crippen molar-refractivity contribution in [3.63, 3.8) is 0 Å². The van der Waals surface area contributed by atoms with Crippen LogP contribution in [-0.4, -0.2) is 0 Å². The number of rotatable bonds is 0. The van der Waals surface area contributed by atoms with Gasteiger partial charge in [0.2, 0.25) is 0 Å². The maximum atomic E-state index is 7.35. The van der Waals surface area contributed by atoms with Crippen molar-refractivity contribution >= 4 is 0 Å². The Balaban J connectivity index is 2.00. The summed E-state index contributed by atoms with van der Waals surface area (Å²) in [5.74, 6) is 17.6. The van der Waals surface area contributed by atoms with Crippen molar-refractivity contribution in [3.8, 4) is 41.9 Å². The average Bonchev–Trinajstić information content (AvgIpc) is 2.71. The number of benzene rings is 3. The molecule has 0 saturated heterocycles. The first-order chi connectivity index (χ1) is 12.8. The second-order valence-corrected chi connectivity index (χ2v) is 5.41. The molecule has 0 aromatic heterocycles. The summed E-state index contributed by atoms with van der Waals surface area (Å²) in [6.45, 7) is 0. The molecule has 3 rings (SSSR count). The summed E-state index contributed by atoms with van der Waals surface area (Å²) >= 11 is 0. The van der Waals surface area contributed by atoms with Gasteiger partial charge in [-0.15, -0.1) is 6.42 Å². The molecule has 0 spiro atoms. The van der Waals surface area contributed by atoms with Crippen molar-refractivity contribution in [1.82, 2.24) is 0 Å². The van der Waals surface area contributed by atoms with Gasteiger partial charge in [0.15, 0.2) is 0 Å². The van der Waals surface area contributed by atoms with Crippen LogP contribution in [0, 0.1) is 48.4 Å². The fourth-order valence-electron chi connectivity index (χ4n) is 2.39. The van der Waals surface area contributed by atoms with E-state index in [-0.39, 0.29) is 0 Å². The Labute approximate surface area is 154 Å². The molecule has 0 aliphatic heterocycles. The van der Waals surface area contributed by atoms with E-state index in [0.29, 0.717) is 5.56 Å². The summed E-state index contributed by atoms with van der Waals surface area (Å²) in [5, 5.41) is 0. The van der Waals surface area contributed by atoms with E-state index in [4.69, 9.17) is 12.8 Å². The SMILES string of the molecule is [C+]#Cc1ccccc1C#Cc1ccccc1C#Cc1ccccc1C#C. The standard InChI is InChI=1S/C26H13/c1-3-21-11-5-7-13-23(21)17-19-25-15-9-10-16-26(25)20-18-24-14-8-6-12-22(24)4-2/h1,5-16H/q+1. The maximum absolute atomic E-state index is 7.35. The first-order valence-corrected chi connectivity index (χ1v) is 8.02. The molecule has 0 aliphatic carbocycles. The molecule has 0 radical (unpaired) electrons. The Hall–Kier alpha value is -3.88. The van der Waals surface area contributed by atoms with Gasteiger partial charge in [-0.3, -0.25) is 0 Å². The van der Waals surface area contributed by atoms with Gasteiger partial charge in [0, 0.05) is 0 Å². The second-order valence-electron chi connectivity index (χ2n) is 5.41. The van der Waals surface area contributed by atoms with Gasteiger partial charge in [0.1, 0.15) is 0 Å². The van der Waals surface area contributed by atoms with Crippen LogP contribution >= 0.6 is 0 Å². The van der Waals surface area contributed by atoms with Crippen LogP contribution in [0.4, 0.5) is 0 Å². The topological polar surface area (TPSA) is 0 Å². The van der Waals surface area contributed by atoms with Crippen molar-refractivity contribution in [2.45, 2.75) is 0 Å². The molecule has 0 heteroatoms. The zero-order valence-corrected chi connectivity index (χ0v) is 14.0. The molecular formula is C26H13+. The van der Waals surface area contributed by atoms with Crippen molar-refractivity contribution in [2.75, 3.05) is 0 Å². The van der Waals surface area contributed by atoms with Crippen molar-refractivity contribution in [2.24, 2.45) is 0 Å². The second kappa shape index (κ2) is 8.29. The van der Waals surface area contributed by atoms with Gasteiger partial charge in [0.05, 0.1) is 0 Å². The third-order valence-electron chi connectivity index (χ3n) is 3.74. The molecule has 3 aromatic rings. The van der Waals surface area contributed by atoms with Crippen LogP contribution in [0.5, 0.6) is 0 Å². The van der Waals surface area contributed by atoms with Crippen LogP contribution < -0.4 is 0 Å². The van der Waals surface area contributed by atoms with Crippen molar-refractivity contribution < 1.29 is 0 Å². The Kier molecular flexibility index (Phi) is 5.41.